The van der Waals surface area contributed by atoms with Crippen LogP contribution in [0, 0.1) is 0 Å². The van der Waals surface area contributed by atoms with Gasteiger partial charge in [0.25, 0.3) is 5.91 Å². The molecule has 0 spiro atoms. The van der Waals surface area contributed by atoms with E-state index in [2.05, 4.69) is 15.9 Å². The van der Waals surface area contributed by atoms with Gasteiger partial charge < -0.3 is 4.90 Å². The maximum absolute atomic E-state index is 11.7. The molecule has 0 unspecified atom stereocenters. The Morgan fingerprint density at radius 3 is 2.53 bits per heavy atom. The highest BCUT2D eigenvalue weighted by molar-refractivity contribution is 9.12. The van der Waals surface area contributed by atoms with Crippen LogP contribution >= 0.6 is 15.9 Å². The fourth-order valence-electron chi connectivity index (χ4n) is 1.23. The van der Waals surface area contributed by atoms with Gasteiger partial charge in [0.2, 0.25) is 0 Å². The number of amides is 1. The first kappa shape index (κ1) is 12.0. The predicted molar refractivity (Wildman–Crippen MR) is 65.6 cm³/mol. The van der Waals surface area contributed by atoms with E-state index in [4.69, 9.17) is 0 Å². The zero-order valence-corrected chi connectivity index (χ0v) is 10.5. The average molecular weight is 268 g/mol. The standard InChI is InChI=1S/C12H14BrNO/c1-3-11(13)12(15)14(2)9-10-7-5-4-6-8-10/h3-8H,9H2,1-2H3/b11-3+. The van der Waals surface area contributed by atoms with E-state index in [1.54, 1.807) is 18.0 Å². The van der Waals surface area contributed by atoms with Crippen molar-refractivity contribution in [3.63, 3.8) is 0 Å². The molecule has 0 aliphatic carbocycles. The summed E-state index contributed by atoms with van der Waals surface area (Å²) in [5.41, 5.74) is 1.13. The lowest BCUT2D eigenvalue weighted by molar-refractivity contribution is -0.125. The minimum atomic E-state index is 0.00125. The summed E-state index contributed by atoms with van der Waals surface area (Å²) >= 11 is 3.23. The summed E-state index contributed by atoms with van der Waals surface area (Å²) in [5, 5.41) is 0. The van der Waals surface area contributed by atoms with E-state index in [-0.39, 0.29) is 5.91 Å². The smallest absolute Gasteiger partial charge is 0.260 e. The Morgan fingerprint density at radius 2 is 2.00 bits per heavy atom. The number of halogens is 1. The van der Waals surface area contributed by atoms with Gasteiger partial charge in [0.15, 0.2) is 0 Å². The Labute approximate surface area is 98.7 Å². The molecule has 0 saturated carbocycles. The van der Waals surface area contributed by atoms with E-state index >= 15 is 0 Å². The number of carbonyl (C=O) groups is 1. The molecular weight excluding hydrogens is 254 g/mol. The molecule has 1 aromatic carbocycles. The number of allylic oxidation sites excluding steroid dienone is 1. The van der Waals surface area contributed by atoms with Crippen molar-refractivity contribution in [2.24, 2.45) is 0 Å². The van der Waals surface area contributed by atoms with Crippen LogP contribution in [0.5, 0.6) is 0 Å². The van der Waals surface area contributed by atoms with Gasteiger partial charge in [-0.2, -0.15) is 0 Å². The van der Waals surface area contributed by atoms with Crippen LogP contribution in [0.2, 0.25) is 0 Å². The van der Waals surface area contributed by atoms with E-state index in [1.807, 2.05) is 37.3 Å². The van der Waals surface area contributed by atoms with Crippen LogP contribution in [0.4, 0.5) is 0 Å². The Balaban J connectivity index is 2.64. The number of hydrogen-bond donors (Lipinski definition) is 0. The van der Waals surface area contributed by atoms with Gasteiger partial charge in [-0.25, -0.2) is 0 Å². The second-order valence-electron chi connectivity index (χ2n) is 3.28. The molecule has 80 valence electrons. The Kier molecular flexibility index (Phi) is 4.56. The summed E-state index contributed by atoms with van der Waals surface area (Å²) in [6.45, 7) is 2.46. The van der Waals surface area contributed by atoms with Crippen molar-refractivity contribution in [2.45, 2.75) is 13.5 Å². The molecule has 0 aliphatic heterocycles. The first-order chi connectivity index (χ1) is 7.15. The maximum Gasteiger partial charge on any atom is 0.260 e. The second-order valence-corrected chi connectivity index (χ2v) is 4.14. The quantitative estimate of drug-likeness (QED) is 0.772. The predicted octanol–water partition coefficient (Wildman–Crippen LogP) is 2.94. The molecule has 0 aromatic heterocycles. The zero-order chi connectivity index (χ0) is 11.3. The first-order valence-corrected chi connectivity index (χ1v) is 5.55. The van der Waals surface area contributed by atoms with E-state index in [0.717, 1.165) is 5.56 Å². The SMILES string of the molecule is C/C=C(/Br)C(=O)N(C)Cc1ccccc1. The second kappa shape index (κ2) is 5.71. The molecule has 0 atom stereocenters. The summed E-state index contributed by atoms with van der Waals surface area (Å²) in [6.07, 6.45) is 1.75. The normalized spacial score (nSPS) is 11.3. The average Bonchev–Trinajstić information content (AvgIpc) is 2.28. The van der Waals surface area contributed by atoms with Gasteiger partial charge in [-0.15, -0.1) is 0 Å². The Bertz CT molecular complexity index is 359. The molecular formula is C12H14BrNO. The molecule has 2 nitrogen and oxygen atoms in total. The highest BCUT2D eigenvalue weighted by Crippen LogP contribution is 2.11. The van der Waals surface area contributed by atoms with Gasteiger partial charge in [-0.05, 0) is 28.4 Å². The van der Waals surface area contributed by atoms with Crippen molar-refractivity contribution in [3.05, 3.63) is 46.5 Å². The van der Waals surface area contributed by atoms with Gasteiger partial charge in [-0.1, -0.05) is 36.4 Å². The Morgan fingerprint density at radius 1 is 1.40 bits per heavy atom. The number of benzene rings is 1. The molecule has 0 radical (unpaired) electrons. The van der Waals surface area contributed by atoms with Crippen LogP contribution in [0.1, 0.15) is 12.5 Å². The largest absolute Gasteiger partial charge is 0.337 e. The van der Waals surface area contributed by atoms with Gasteiger partial charge >= 0.3 is 0 Å². The molecule has 1 rings (SSSR count). The minimum absolute atomic E-state index is 0.00125. The van der Waals surface area contributed by atoms with Crippen LogP contribution in [0.3, 0.4) is 0 Å². The minimum Gasteiger partial charge on any atom is -0.337 e. The molecule has 0 aliphatic rings. The zero-order valence-electron chi connectivity index (χ0n) is 8.90. The van der Waals surface area contributed by atoms with E-state index in [0.29, 0.717) is 11.0 Å². The third-order valence-electron chi connectivity index (χ3n) is 2.07. The van der Waals surface area contributed by atoms with Crippen molar-refractivity contribution in [3.8, 4) is 0 Å². The van der Waals surface area contributed by atoms with Crippen molar-refractivity contribution >= 4 is 21.8 Å². The van der Waals surface area contributed by atoms with Crippen LogP contribution in [-0.4, -0.2) is 17.9 Å². The lowest BCUT2D eigenvalue weighted by Crippen LogP contribution is -2.25. The van der Waals surface area contributed by atoms with Gasteiger partial charge in [0.1, 0.15) is 0 Å². The molecule has 15 heavy (non-hydrogen) atoms. The number of rotatable bonds is 3. The molecule has 0 saturated heterocycles. The first-order valence-electron chi connectivity index (χ1n) is 4.76. The van der Waals surface area contributed by atoms with Gasteiger partial charge in [0.05, 0.1) is 4.48 Å². The maximum atomic E-state index is 11.7. The summed E-state index contributed by atoms with van der Waals surface area (Å²) in [4.78, 5) is 13.4. The topological polar surface area (TPSA) is 20.3 Å². The fraction of sp³-hybridized carbons (Fsp3) is 0.250. The lowest BCUT2D eigenvalue weighted by Gasteiger charge is -2.16. The lowest BCUT2D eigenvalue weighted by atomic mass is 10.2. The summed E-state index contributed by atoms with van der Waals surface area (Å²) < 4.78 is 0.598. The summed E-state index contributed by atoms with van der Waals surface area (Å²) in [5.74, 6) is 0.00125. The van der Waals surface area contributed by atoms with Crippen LogP contribution in [0.15, 0.2) is 40.9 Å². The molecule has 0 fully saturated rings. The summed E-state index contributed by atoms with van der Waals surface area (Å²) in [6, 6.07) is 9.92. The van der Waals surface area contributed by atoms with Crippen molar-refractivity contribution in [2.75, 3.05) is 7.05 Å². The van der Waals surface area contributed by atoms with Crippen molar-refractivity contribution < 1.29 is 4.79 Å². The number of likely N-dealkylation sites (N-methyl/N-ethyl adjacent to an activating group) is 1. The molecule has 0 heterocycles. The molecule has 3 heteroatoms. The third-order valence-corrected chi connectivity index (χ3v) is 2.86. The van der Waals surface area contributed by atoms with Crippen LogP contribution in [0.25, 0.3) is 0 Å². The molecule has 0 N–H and O–H groups in total. The Hall–Kier alpha value is -1.09. The molecule has 1 aromatic rings. The van der Waals surface area contributed by atoms with Gasteiger partial charge in [0, 0.05) is 13.6 Å². The van der Waals surface area contributed by atoms with E-state index < -0.39 is 0 Å². The highest BCUT2D eigenvalue weighted by atomic mass is 79.9. The van der Waals surface area contributed by atoms with Crippen LogP contribution in [-0.2, 0) is 11.3 Å². The summed E-state index contributed by atoms with van der Waals surface area (Å²) in [7, 11) is 1.79. The van der Waals surface area contributed by atoms with Crippen molar-refractivity contribution in [1.82, 2.24) is 4.90 Å². The monoisotopic (exact) mass is 267 g/mol. The number of hydrogen-bond acceptors (Lipinski definition) is 1. The number of carbonyl (C=O) groups excluding carboxylic acids is 1. The fourth-order valence-corrected chi connectivity index (χ4v) is 1.54. The highest BCUT2D eigenvalue weighted by Gasteiger charge is 2.11. The molecule has 1 amide bonds. The molecule has 0 bridgehead atoms. The van der Waals surface area contributed by atoms with Gasteiger partial charge in [-0.3, -0.25) is 4.79 Å². The number of nitrogens with zero attached hydrogens (tertiary/aromatic N) is 1. The van der Waals surface area contributed by atoms with Crippen LogP contribution < -0.4 is 0 Å². The van der Waals surface area contributed by atoms with E-state index in [1.165, 1.54) is 0 Å². The van der Waals surface area contributed by atoms with E-state index in [9.17, 15) is 4.79 Å². The van der Waals surface area contributed by atoms with Crippen molar-refractivity contribution in [1.29, 1.82) is 0 Å². The third kappa shape index (κ3) is 3.51.